The van der Waals surface area contributed by atoms with Crippen LogP contribution in [-0.2, 0) is 22.5 Å². The molecule has 0 fully saturated rings. The van der Waals surface area contributed by atoms with E-state index >= 15 is 0 Å². The average Bonchev–Trinajstić information content (AvgIpc) is 2.89. The number of esters is 1. The van der Waals surface area contributed by atoms with Gasteiger partial charge in [-0.2, -0.15) is 5.10 Å². The van der Waals surface area contributed by atoms with Gasteiger partial charge in [0.25, 0.3) is 5.56 Å². The number of nitrogens with zero attached hydrogens (tertiary/aromatic N) is 3. The SMILES string of the molecule is CCOC(=O)Cn1nc(CC)n2c(cc3cc(C)ccc32)c1=O. The third-order valence-corrected chi connectivity index (χ3v) is 3.81. The zero-order chi connectivity index (χ0) is 16.6. The summed E-state index contributed by atoms with van der Waals surface area (Å²) in [4.78, 5) is 24.4. The third-order valence-electron chi connectivity index (χ3n) is 3.81. The van der Waals surface area contributed by atoms with E-state index in [2.05, 4.69) is 5.10 Å². The van der Waals surface area contributed by atoms with Crippen molar-refractivity contribution >= 4 is 22.4 Å². The lowest BCUT2D eigenvalue weighted by Crippen LogP contribution is -2.30. The molecule has 0 bridgehead atoms. The van der Waals surface area contributed by atoms with Gasteiger partial charge in [0, 0.05) is 11.8 Å². The highest BCUT2D eigenvalue weighted by Crippen LogP contribution is 2.21. The Balaban J connectivity index is 2.26. The average molecular weight is 313 g/mol. The lowest BCUT2D eigenvalue weighted by Gasteiger charge is -2.09. The number of ether oxygens (including phenoxy) is 1. The molecule has 2 aromatic heterocycles. The first-order valence-corrected chi connectivity index (χ1v) is 7.72. The summed E-state index contributed by atoms with van der Waals surface area (Å²) in [6.45, 7) is 5.83. The summed E-state index contributed by atoms with van der Waals surface area (Å²) in [5.74, 6) is 0.281. The number of benzene rings is 1. The number of carbonyl (C=O) groups is 1. The van der Waals surface area contributed by atoms with Crippen LogP contribution in [-0.4, -0.2) is 26.8 Å². The number of hydrogen-bond donors (Lipinski definition) is 0. The van der Waals surface area contributed by atoms with E-state index in [1.165, 1.54) is 4.68 Å². The topological polar surface area (TPSA) is 65.6 Å². The molecule has 3 aromatic rings. The van der Waals surface area contributed by atoms with Crippen LogP contribution in [0.2, 0.25) is 0 Å². The summed E-state index contributed by atoms with van der Waals surface area (Å²) in [5.41, 5.74) is 2.33. The Labute approximate surface area is 133 Å². The highest BCUT2D eigenvalue weighted by molar-refractivity contribution is 5.87. The molecule has 0 aliphatic heterocycles. The molecular formula is C17H19N3O3. The van der Waals surface area contributed by atoms with Gasteiger partial charge in [0.15, 0.2) is 0 Å². The van der Waals surface area contributed by atoms with E-state index in [1.54, 1.807) is 6.92 Å². The zero-order valence-electron chi connectivity index (χ0n) is 13.5. The van der Waals surface area contributed by atoms with Crippen LogP contribution in [0.1, 0.15) is 25.2 Å². The molecule has 0 unspecified atom stereocenters. The Morgan fingerprint density at radius 3 is 2.70 bits per heavy atom. The van der Waals surface area contributed by atoms with Crippen LogP contribution in [0.15, 0.2) is 29.1 Å². The van der Waals surface area contributed by atoms with Gasteiger partial charge in [0.1, 0.15) is 17.9 Å². The maximum atomic E-state index is 12.7. The summed E-state index contributed by atoms with van der Waals surface area (Å²) in [7, 11) is 0. The van der Waals surface area contributed by atoms with Crippen molar-refractivity contribution in [1.29, 1.82) is 0 Å². The van der Waals surface area contributed by atoms with Crippen molar-refractivity contribution < 1.29 is 9.53 Å². The third kappa shape index (κ3) is 2.60. The van der Waals surface area contributed by atoms with Gasteiger partial charge in [0.05, 0.1) is 12.1 Å². The van der Waals surface area contributed by atoms with Crippen molar-refractivity contribution in [3.63, 3.8) is 0 Å². The van der Waals surface area contributed by atoms with E-state index in [0.717, 1.165) is 22.3 Å². The van der Waals surface area contributed by atoms with Crippen LogP contribution in [0.4, 0.5) is 0 Å². The van der Waals surface area contributed by atoms with Crippen molar-refractivity contribution in [2.24, 2.45) is 0 Å². The van der Waals surface area contributed by atoms with Crippen molar-refractivity contribution in [2.45, 2.75) is 33.7 Å². The van der Waals surface area contributed by atoms with E-state index in [4.69, 9.17) is 4.74 Å². The fraction of sp³-hybridized carbons (Fsp3) is 0.353. The Morgan fingerprint density at radius 1 is 1.22 bits per heavy atom. The van der Waals surface area contributed by atoms with Crippen molar-refractivity contribution in [2.75, 3.05) is 6.61 Å². The van der Waals surface area contributed by atoms with E-state index in [1.807, 2.05) is 42.5 Å². The minimum absolute atomic E-state index is 0.170. The molecule has 1 aromatic carbocycles. The molecule has 0 saturated carbocycles. The first-order chi connectivity index (χ1) is 11.0. The molecule has 0 aliphatic rings. The lowest BCUT2D eigenvalue weighted by atomic mass is 10.2. The zero-order valence-corrected chi connectivity index (χ0v) is 13.5. The number of rotatable bonds is 4. The minimum atomic E-state index is -0.458. The molecule has 6 heteroatoms. The van der Waals surface area contributed by atoms with Crippen LogP contribution < -0.4 is 5.56 Å². The highest BCUT2D eigenvalue weighted by Gasteiger charge is 2.15. The highest BCUT2D eigenvalue weighted by atomic mass is 16.5. The molecule has 0 saturated heterocycles. The molecule has 0 atom stereocenters. The van der Waals surface area contributed by atoms with Crippen LogP contribution in [0, 0.1) is 6.92 Å². The van der Waals surface area contributed by atoms with E-state index in [-0.39, 0.29) is 18.7 Å². The van der Waals surface area contributed by atoms with Crippen LogP contribution in [0.5, 0.6) is 0 Å². The van der Waals surface area contributed by atoms with Crippen LogP contribution in [0.25, 0.3) is 16.4 Å². The lowest BCUT2D eigenvalue weighted by molar-refractivity contribution is -0.144. The van der Waals surface area contributed by atoms with Gasteiger partial charge >= 0.3 is 5.97 Å². The molecule has 0 N–H and O–H groups in total. The Hall–Kier alpha value is -2.63. The largest absolute Gasteiger partial charge is 0.465 e. The predicted molar refractivity (Wildman–Crippen MR) is 87.7 cm³/mol. The van der Waals surface area contributed by atoms with Gasteiger partial charge in [-0.25, -0.2) is 4.68 Å². The second kappa shape index (κ2) is 5.87. The van der Waals surface area contributed by atoms with E-state index in [0.29, 0.717) is 11.9 Å². The number of aromatic nitrogens is 3. The number of carbonyl (C=O) groups excluding carboxylic acids is 1. The number of fused-ring (bicyclic) bond motifs is 3. The Bertz CT molecular complexity index is 953. The van der Waals surface area contributed by atoms with Crippen LogP contribution in [0.3, 0.4) is 0 Å². The summed E-state index contributed by atoms with van der Waals surface area (Å²) in [6.07, 6.45) is 0.650. The minimum Gasteiger partial charge on any atom is -0.465 e. The van der Waals surface area contributed by atoms with Gasteiger partial charge in [-0.1, -0.05) is 18.6 Å². The van der Waals surface area contributed by atoms with Crippen LogP contribution >= 0.6 is 0 Å². The first-order valence-electron chi connectivity index (χ1n) is 7.72. The summed E-state index contributed by atoms with van der Waals surface area (Å²) in [5, 5.41) is 5.35. The number of aryl methyl sites for hydroxylation is 2. The molecule has 6 nitrogen and oxygen atoms in total. The number of hydrogen-bond acceptors (Lipinski definition) is 4. The molecule has 23 heavy (non-hydrogen) atoms. The monoisotopic (exact) mass is 313 g/mol. The molecule has 0 spiro atoms. The smallest absolute Gasteiger partial charge is 0.327 e. The van der Waals surface area contributed by atoms with Gasteiger partial charge in [0.2, 0.25) is 0 Å². The molecule has 120 valence electrons. The molecule has 0 aliphatic carbocycles. The molecule has 3 rings (SSSR count). The maximum Gasteiger partial charge on any atom is 0.327 e. The summed E-state index contributed by atoms with van der Waals surface area (Å²) in [6, 6.07) is 7.90. The van der Waals surface area contributed by atoms with Gasteiger partial charge < -0.3 is 4.74 Å². The second-order valence-electron chi connectivity index (χ2n) is 5.46. The molecule has 0 radical (unpaired) electrons. The normalized spacial score (nSPS) is 11.3. The fourth-order valence-corrected chi connectivity index (χ4v) is 2.80. The Morgan fingerprint density at radius 2 is 2.00 bits per heavy atom. The van der Waals surface area contributed by atoms with Crippen molar-refractivity contribution in [1.82, 2.24) is 14.2 Å². The molecule has 2 heterocycles. The Kier molecular flexibility index (Phi) is 3.90. The van der Waals surface area contributed by atoms with Gasteiger partial charge in [-0.05, 0) is 32.0 Å². The second-order valence-corrected chi connectivity index (χ2v) is 5.46. The maximum absolute atomic E-state index is 12.7. The predicted octanol–water partition coefficient (Wildman–Crippen LogP) is 2.08. The standard InChI is InChI=1S/C17H19N3O3/c1-4-15-18-19(10-16(21)23-5-2)17(22)14-9-12-8-11(3)6-7-13(12)20(14)15/h6-9H,4-5,10H2,1-3H3. The fourth-order valence-electron chi connectivity index (χ4n) is 2.80. The van der Waals surface area contributed by atoms with Gasteiger partial charge in [-0.3, -0.25) is 14.0 Å². The van der Waals surface area contributed by atoms with E-state index in [9.17, 15) is 9.59 Å². The summed E-state index contributed by atoms with van der Waals surface area (Å²) < 4.78 is 7.98. The quantitative estimate of drug-likeness (QED) is 0.692. The summed E-state index contributed by atoms with van der Waals surface area (Å²) >= 11 is 0. The first kappa shape index (κ1) is 15.3. The van der Waals surface area contributed by atoms with Gasteiger partial charge in [-0.15, -0.1) is 0 Å². The molecular weight excluding hydrogens is 294 g/mol. The molecule has 0 amide bonds. The van der Waals surface area contributed by atoms with Crippen molar-refractivity contribution in [3.05, 3.63) is 46.0 Å². The van der Waals surface area contributed by atoms with E-state index < -0.39 is 5.97 Å². The van der Waals surface area contributed by atoms with Crippen molar-refractivity contribution in [3.8, 4) is 0 Å².